The first-order valence-corrected chi connectivity index (χ1v) is 10.2. The van der Waals surface area contributed by atoms with Gasteiger partial charge in [-0.2, -0.15) is 0 Å². The quantitative estimate of drug-likeness (QED) is 0.803. The van der Waals surface area contributed by atoms with Crippen LogP contribution in [0.3, 0.4) is 0 Å². The smallest absolute Gasteiger partial charge is 0.312 e. The van der Waals surface area contributed by atoms with Gasteiger partial charge in [-0.1, -0.05) is 49.6 Å². The number of nitrogens with zero attached hydrogens (tertiary/aromatic N) is 2. The highest BCUT2D eigenvalue weighted by atomic mass is 16.2. The van der Waals surface area contributed by atoms with Gasteiger partial charge in [0, 0.05) is 38.5 Å². The third-order valence-corrected chi connectivity index (χ3v) is 5.75. The highest BCUT2D eigenvalue weighted by molar-refractivity contribution is 5.87. The Hall–Kier alpha value is -2.57. The minimum absolute atomic E-state index is 0.146. The van der Waals surface area contributed by atoms with Crippen molar-refractivity contribution < 1.29 is 14.4 Å². The summed E-state index contributed by atoms with van der Waals surface area (Å²) in [6, 6.07) is 8.15. The molecule has 2 fully saturated rings. The molecule has 4 amide bonds. The lowest BCUT2D eigenvalue weighted by Gasteiger charge is -2.38. The van der Waals surface area contributed by atoms with Gasteiger partial charge in [-0.3, -0.25) is 9.59 Å². The first-order valence-electron chi connectivity index (χ1n) is 10.2. The van der Waals surface area contributed by atoms with Crippen molar-refractivity contribution in [2.45, 2.75) is 44.6 Å². The first kappa shape index (κ1) is 20.2. The molecule has 1 aliphatic carbocycles. The van der Waals surface area contributed by atoms with Gasteiger partial charge < -0.3 is 20.9 Å². The fourth-order valence-electron chi connectivity index (χ4n) is 4.20. The zero-order valence-corrected chi connectivity index (χ0v) is 16.3. The van der Waals surface area contributed by atoms with Gasteiger partial charge in [-0.05, 0) is 18.4 Å². The zero-order valence-electron chi connectivity index (χ0n) is 16.3. The Balaban J connectivity index is 1.56. The summed E-state index contributed by atoms with van der Waals surface area (Å²) in [6.07, 6.45) is 5.86. The highest BCUT2D eigenvalue weighted by Crippen LogP contribution is 2.26. The molecule has 3 N–H and O–H groups in total. The second-order valence-electron chi connectivity index (χ2n) is 7.74. The average Bonchev–Trinajstić information content (AvgIpc) is 2.73. The summed E-state index contributed by atoms with van der Waals surface area (Å²) < 4.78 is 0. The van der Waals surface area contributed by atoms with Crippen molar-refractivity contribution >= 4 is 17.8 Å². The Labute approximate surface area is 166 Å². The predicted octanol–water partition coefficient (Wildman–Crippen LogP) is 1.52. The Morgan fingerprint density at radius 2 is 1.57 bits per heavy atom. The summed E-state index contributed by atoms with van der Waals surface area (Å²) in [4.78, 5) is 40.7. The second-order valence-corrected chi connectivity index (χ2v) is 7.74. The van der Waals surface area contributed by atoms with Gasteiger partial charge in [0.2, 0.25) is 11.8 Å². The number of nitrogens with two attached hydrogens (primary N) is 1. The SMILES string of the molecule is NC(=O)NC(Cc1ccccc1)C(=O)N1CCN(C(=O)C2CCCCC2)CC1. The van der Waals surface area contributed by atoms with Crippen LogP contribution in [0.4, 0.5) is 4.79 Å². The molecule has 0 radical (unpaired) electrons. The maximum absolute atomic E-state index is 13.0. The fraction of sp³-hybridized carbons (Fsp3) is 0.571. The molecule has 0 aromatic heterocycles. The number of amides is 4. The van der Waals surface area contributed by atoms with Gasteiger partial charge in [-0.25, -0.2) is 4.79 Å². The number of hydrogen-bond acceptors (Lipinski definition) is 3. The minimum Gasteiger partial charge on any atom is -0.352 e. The van der Waals surface area contributed by atoms with Crippen molar-refractivity contribution in [2.75, 3.05) is 26.2 Å². The lowest BCUT2D eigenvalue weighted by molar-refractivity contribution is -0.143. The van der Waals surface area contributed by atoms with E-state index in [0.717, 1.165) is 31.2 Å². The molecule has 1 unspecified atom stereocenters. The predicted molar refractivity (Wildman–Crippen MR) is 106 cm³/mol. The maximum Gasteiger partial charge on any atom is 0.312 e. The van der Waals surface area contributed by atoms with E-state index >= 15 is 0 Å². The monoisotopic (exact) mass is 386 g/mol. The number of urea groups is 1. The lowest BCUT2D eigenvalue weighted by atomic mass is 9.88. The van der Waals surface area contributed by atoms with Gasteiger partial charge in [0.05, 0.1) is 0 Å². The average molecular weight is 386 g/mol. The van der Waals surface area contributed by atoms with E-state index in [1.165, 1.54) is 6.42 Å². The number of benzene rings is 1. The van der Waals surface area contributed by atoms with Crippen molar-refractivity contribution in [1.82, 2.24) is 15.1 Å². The molecule has 1 saturated carbocycles. The number of carbonyl (C=O) groups excluding carboxylic acids is 3. The third-order valence-electron chi connectivity index (χ3n) is 5.75. The standard InChI is InChI=1S/C21H30N4O3/c22-21(28)23-18(15-16-7-3-1-4-8-16)20(27)25-13-11-24(12-14-25)19(26)17-9-5-2-6-10-17/h1,3-4,7-8,17-18H,2,5-6,9-15H2,(H3,22,23,28). The van der Waals surface area contributed by atoms with Gasteiger partial charge in [0.15, 0.2) is 0 Å². The Morgan fingerprint density at radius 1 is 0.964 bits per heavy atom. The highest BCUT2D eigenvalue weighted by Gasteiger charge is 2.32. The largest absolute Gasteiger partial charge is 0.352 e. The Morgan fingerprint density at radius 3 is 2.18 bits per heavy atom. The van der Waals surface area contributed by atoms with Crippen molar-refractivity contribution in [2.24, 2.45) is 11.7 Å². The Kier molecular flexibility index (Phi) is 6.90. The minimum atomic E-state index is -0.708. The van der Waals surface area contributed by atoms with Crippen LogP contribution in [0.15, 0.2) is 30.3 Å². The van der Waals surface area contributed by atoms with Gasteiger partial charge in [-0.15, -0.1) is 0 Å². The molecule has 1 aliphatic heterocycles. The summed E-state index contributed by atoms with van der Waals surface area (Å²) in [5, 5.41) is 2.58. The molecule has 1 atom stereocenters. The number of carbonyl (C=O) groups is 3. The summed E-state index contributed by atoms with van der Waals surface area (Å²) in [7, 11) is 0. The van der Waals surface area contributed by atoms with Gasteiger partial charge in [0.1, 0.15) is 6.04 Å². The van der Waals surface area contributed by atoms with Gasteiger partial charge >= 0.3 is 6.03 Å². The normalized spacial score (nSPS) is 19.1. The molecule has 2 aliphatic rings. The van der Waals surface area contributed by atoms with Crippen LogP contribution in [0.1, 0.15) is 37.7 Å². The molecule has 0 spiro atoms. The molecule has 1 aromatic carbocycles. The van der Waals surface area contributed by atoms with E-state index in [-0.39, 0.29) is 17.7 Å². The van der Waals surface area contributed by atoms with E-state index in [9.17, 15) is 14.4 Å². The lowest BCUT2D eigenvalue weighted by Crippen LogP contribution is -2.57. The molecule has 1 saturated heterocycles. The summed E-state index contributed by atoms with van der Waals surface area (Å²) in [5.41, 5.74) is 6.24. The molecule has 3 rings (SSSR count). The molecule has 7 heteroatoms. The fourth-order valence-corrected chi connectivity index (χ4v) is 4.20. The Bertz CT molecular complexity index is 680. The topological polar surface area (TPSA) is 95.7 Å². The molecule has 0 bridgehead atoms. The van der Waals surface area contributed by atoms with Crippen LogP contribution in [0.2, 0.25) is 0 Å². The van der Waals surface area contributed by atoms with Crippen molar-refractivity contribution in [3.05, 3.63) is 35.9 Å². The summed E-state index contributed by atoms with van der Waals surface area (Å²) in [5.74, 6) is 0.244. The van der Waals surface area contributed by atoms with E-state index < -0.39 is 12.1 Å². The van der Waals surface area contributed by atoms with Crippen LogP contribution in [0.5, 0.6) is 0 Å². The van der Waals surface area contributed by atoms with Crippen LogP contribution in [-0.4, -0.2) is 59.9 Å². The first-order chi connectivity index (χ1) is 13.5. The van der Waals surface area contributed by atoms with Crippen LogP contribution in [0.25, 0.3) is 0 Å². The number of primary amides is 1. The molecular weight excluding hydrogens is 356 g/mol. The molecule has 152 valence electrons. The molecule has 7 nitrogen and oxygen atoms in total. The number of piperazine rings is 1. The molecular formula is C21H30N4O3. The number of rotatable bonds is 5. The van der Waals surface area contributed by atoms with Crippen LogP contribution in [-0.2, 0) is 16.0 Å². The number of hydrogen-bond donors (Lipinski definition) is 2. The van der Waals surface area contributed by atoms with Crippen LogP contribution in [0, 0.1) is 5.92 Å². The van der Waals surface area contributed by atoms with Crippen LogP contribution < -0.4 is 11.1 Å². The summed E-state index contributed by atoms with van der Waals surface area (Å²) in [6.45, 7) is 2.08. The van der Waals surface area contributed by atoms with Crippen molar-refractivity contribution in [1.29, 1.82) is 0 Å². The molecule has 1 aromatic rings. The molecule has 1 heterocycles. The zero-order chi connectivity index (χ0) is 19.9. The van der Waals surface area contributed by atoms with Gasteiger partial charge in [0.25, 0.3) is 0 Å². The van der Waals surface area contributed by atoms with E-state index in [1.807, 2.05) is 35.2 Å². The van der Waals surface area contributed by atoms with E-state index in [4.69, 9.17) is 5.73 Å². The molecule has 28 heavy (non-hydrogen) atoms. The number of nitrogens with one attached hydrogen (secondary N) is 1. The maximum atomic E-state index is 13.0. The van der Waals surface area contributed by atoms with Crippen molar-refractivity contribution in [3.63, 3.8) is 0 Å². The van der Waals surface area contributed by atoms with E-state index in [0.29, 0.717) is 32.6 Å². The summed E-state index contributed by atoms with van der Waals surface area (Å²) >= 11 is 0. The third kappa shape index (κ3) is 5.24. The van der Waals surface area contributed by atoms with E-state index in [1.54, 1.807) is 4.90 Å². The van der Waals surface area contributed by atoms with Crippen LogP contribution >= 0.6 is 0 Å². The van der Waals surface area contributed by atoms with E-state index in [2.05, 4.69) is 5.32 Å². The van der Waals surface area contributed by atoms with Crippen molar-refractivity contribution in [3.8, 4) is 0 Å². The second kappa shape index (κ2) is 9.57.